The highest BCUT2D eigenvalue weighted by molar-refractivity contribution is 5.81. The monoisotopic (exact) mass is 433 g/mol. The lowest BCUT2D eigenvalue weighted by atomic mass is 10.1. The molecule has 0 aliphatic heterocycles. The third kappa shape index (κ3) is 3.40. The van der Waals surface area contributed by atoms with Gasteiger partial charge in [0, 0.05) is 7.11 Å². The molecule has 0 bridgehead atoms. The van der Waals surface area contributed by atoms with Crippen molar-refractivity contribution in [3.63, 3.8) is 0 Å². The highest BCUT2D eigenvalue weighted by atomic mass is 19.4. The molecule has 8 nitrogen and oxygen atoms in total. The minimum absolute atomic E-state index is 0.0993. The van der Waals surface area contributed by atoms with E-state index >= 15 is 0 Å². The molecule has 1 aromatic carbocycles. The lowest BCUT2D eigenvalue weighted by Crippen LogP contribution is -2.20. The topological polar surface area (TPSA) is 98.3 Å². The van der Waals surface area contributed by atoms with Crippen molar-refractivity contribution < 1.29 is 22.3 Å². The van der Waals surface area contributed by atoms with Crippen LogP contribution in [0.4, 0.5) is 13.2 Å². The standard InChI is InChI=1S/C20H18F3N5O3/c1-10-12(16-25-26-18(31-16)19(2,3)30-4)17(29)28-15(24-10)13(11-8-6-5-7-9-11)14(27-28)20(21,22)23/h5-9,27H,1-4H3. The summed E-state index contributed by atoms with van der Waals surface area (Å²) in [5.41, 5.74) is -2.82. The van der Waals surface area contributed by atoms with Crippen molar-refractivity contribution in [2.75, 3.05) is 7.11 Å². The molecule has 1 N–H and O–H groups in total. The highest BCUT2D eigenvalue weighted by Crippen LogP contribution is 2.38. The number of ether oxygens (including phenoxy) is 1. The van der Waals surface area contributed by atoms with Crippen molar-refractivity contribution in [3.8, 4) is 22.6 Å². The van der Waals surface area contributed by atoms with Crippen molar-refractivity contribution in [3.05, 3.63) is 58.0 Å². The average molecular weight is 433 g/mol. The molecule has 11 heteroatoms. The van der Waals surface area contributed by atoms with Gasteiger partial charge < -0.3 is 9.15 Å². The number of H-pyrrole nitrogens is 1. The van der Waals surface area contributed by atoms with Gasteiger partial charge in [-0.1, -0.05) is 30.3 Å². The van der Waals surface area contributed by atoms with Gasteiger partial charge in [0.25, 0.3) is 11.4 Å². The highest BCUT2D eigenvalue weighted by Gasteiger charge is 2.38. The van der Waals surface area contributed by atoms with Gasteiger partial charge in [0.1, 0.15) is 16.9 Å². The number of nitrogens with one attached hydrogen (secondary N) is 1. The summed E-state index contributed by atoms with van der Waals surface area (Å²) in [4.78, 5) is 17.5. The van der Waals surface area contributed by atoms with Crippen LogP contribution in [0.3, 0.4) is 0 Å². The van der Waals surface area contributed by atoms with E-state index in [1.54, 1.807) is 32.0 Å². The van der Waals surface area contributed by atoms with Crippen molar-refractivity contribution in [1.82, 2.24) is 24.8 Å². The quantitative estimate of drug-likeness (QED) is 0.523. The number of hydrogen-bond acceptors (Lipinski definition) is 6. The first-order valence-corrected chi connectivity index (χ1v) is 9.22. The largest absolute Gasteiger partial charge is 0.433 e. The van der Waals surface area contributed by atoms with E-state index in [2.05, 4.69) is 20.3 Å². The number of alkyl halides is 3. The SMILES string of the molecule is COC(C)(C)c1nnc(-c2c(C)nc3c(-c4ccccc4)c(C(F)(F)F)[nH]n3c2=O)o1. The second-order valence-electron chi connectivity index (χ2n) is 7.39. The molecule has 0 amide bonds. The van der Waals surface area contributed by atoms with Gasteiger partial charge in [-0.25, -0.2) is 4.98 Å². The van der Waals surface area contributed by atoms with Gasteiger partial charge >= 0.3 is 6.18 Å². The number of nitrogens with zero attached hydrogens (tertiary/aromatic N) is 4. The molecule has 162 valence electrons. The zero-order valence-electron chi connectivity index (χ0n) is 17.0. The number of aromatic nitrogens is 5. The van der Waals surface area contributed by atoms with Crippen LogP contribution in [-0.4, -0.2) is 31.9 Å². The van der Waals surface area contributed by atoms with Crippen LogP contribution in [0, 0.1) is 6.92 Å². The van der Waals surface area contributed by atoms with Gasteiger partial charge in [-0.05, 0) is 26.3 Å². The normalized spacial score (nSPS) is 12.6. The molecule has 4 aromatic rings. The van der Waals surface area contributed by atoms with Crippen LogP contribution in [0.2, 0.25) is 0 Å². The summed E-state index contributed by atoms with van der Waals surface area (Å²) in [5, 5.41) is 9.94. The van der Waals surface area contributed by atoms with E-state index in [0.717, 1.165) is 4.52 Å². The van der Waals surface area contributed by atoms with E-state index < -0.39 is 23.0 Å². The lowest BCUT2D eigenvalue weighted by Gasteiger charge is -2.17. The number of halogens is 3. The Morgan fingerprint density at radius 3 is 2.39 bits per heavy atom. The minimum atomic E-state index is -4.74. The molecule has 0 saturated carbocycles. The number of aromatic amines is 1. The summed E-state index contributed by atoms with van der Waals surface area (Å²) in [7, 11) is 1.46. The first-order valence-electron chi connectivity index (χ1n) is 9.22. The van der Waals surface area contributed by atoms with Gasteiger partial charge in [0.15, 0.2) is 5.65 Å². The number of methoxy groups -OCH3 is 1. The minimum Gasteiger partial charge on any atom is -0.417 e. The molecule has 0 saturated heterocycles. The van der Waals surface area contributed by atoms with Gasteiger partial charge in [-0.2, -0.15) is 17.7 Å². The fourth-order valence-corrected chi connectivity index (χ4v) is 3.16. The molecule has 0 unspecified atom stereocenters. The molecule has 0 aliphatic carbocycles. The van der Waals surface area contributed by atoms with Crippen LogP contribution in [0.15, 0.2) is 39.5 Å². The predicted octanol–water partition coefficient (Wildman–Crippen LogP) is 3.95. The van der Waals surface area contributed by atoms with E-state index in [9.17, 15) is 18.0 Å². The van der Waals surface area contributed by atoms with E-state index in [1.807, 2.05) is 0 Å². The summed E-state index contributed by atoms with van der Waals surface area (Å²) >= 11 is 0. The zero-order chi connectivity index (χ0) is 22.6. The molecule has 31 heavy (non-hydrogen) atoms. The van der Waals surface area contributed by atoms with Crippen molar-refractivity contribution >= 4 is 5.65 Å². The molecule has 4 rings (SSSR count). The van der Waals surface area contributed by atoms with Crippen LogP contribution in [-0.2, 0) is 16.5 Å². The summed E-state index contributed by atoms with van der Waals surface area (Å²) in [6.07, 6.45) is -4.74. The molecule has 0 fully saturated rings. The maximum atomic E-state index is 13.8. The Kier molecular flexibility index (Phi) is 4.73. The zero-order valence-corrected chi connectivity index (χ0v) is 17.0. The summed E-state index contributed by atoms with van der Waals surface area (Å²) in [6, 6.07) is 7.94. The Morgan fingerprint density at radius 2 is 1.77 bits per heavy atom. The maximum Gasteiger partial charge on any atom is 0.433 e. The molecule has 3 heterocycles. The summed E-state index contributed by atoms with van der Waals surface area (Å²) in [6.45, 7) is 4.88. The smallest absolute Gasteiger partial charge is 0.417 e. The molecular weight excluding hydrogens is 415 g/mol. The Morgan fingerprint density at radius 1 is 1.10 bits per heavy atom. The average Bonchev–Trinajstić information content (AvgIpc) is 3.34. The number of fused-ring (bicyclic) bond motifs is 1. The lowest BCUT2D eigenvalue weighted by molar-refractivity contribution is -0.140. The summed E-state index contributed by atoms with van der Waals surface area (Å²) in [5.74, 6) is -0.0460. The van der Waals surface area contributed by atoms with Crippen LogP contribution in [0.1, 0.15) is 31.1 Å². The summed E-state index contributed by atoms with van der Waals surface area (Å²) < 4.78 is 52.9. The molecule has 0 radical (unpaired) electrons. The predicted molar refractivity (Wildman–Crippen MR) is 104 cm³/mol. The van der Waals surface area contributed by atoms with Crippen LogP contribution < -0.4 is 5.56 Å². The van der Waals surface area contributed by atoms with Gasteiger partial charge in [0.2, 0.25) is 5.89 Å². The Bertz CT molecular complexity index is 1320. The fraction of sp³-hybridized carbons (Fsp3) is 0.300. The third-order valence-electron chi connectivity index (χ3n) is 4.97. The van der Waals surface area contributed by atoms with Crippen molar-refractivity contribution in [2.24, 2.45) is 0 Å². The molecular formula is C20H18F3N5O3. The molecule has 3 aromatic heterocycles. The molecule has 0 atom stereocenters. The van der Waals surface area contributed by atoms with E-state index in [-0.39, 0.29) is 39.8 Å². The Balaban J connectivity index is 2.00. The van der Waals surface area contributed by atoms with E-state index in [4.69, 9.17) is 9.15 Å². The second-order valence-corrected chi connectivity index (χ2v) is 7.39. The van der Waals surface area contributed by atoms with Crippen molar-refractivity contribution in [2.45, 2.75) is 32.5 Å². The Labute approximate surface area is 173 Å². The number of aryl methyl sites for hydroxylation is 1. The van der Waals surface area contributed by atoms with Crippen molar-refractivity contribution in [1.29, 1.82) is 0 Å². The fourth-order valence-electron chi connectivity index (χ4n) is 3.16. The van der Waals surface area contributed by atoms with E-state index in [0.29, 0.717) is 0 Å². The molecule has 0 aliphatic rings. The van der Waals surface area contributed by atoms with Gasteiger partial charge in [0.05, 0.1) is 11.3 Å². The van der Waals surface area contributed by atoms with Crippen LogP contribution in [0.25, 0.3) is 28.2 Å². The van der Waals surface area contributed by atoms with Gasteiger partial charge in [-0.3, -0.25) is 9.89 Å². The first-order chi connectivity index (χ1) is 14.5. The molecule has 0 spiro atoms. The van der Waals surface area contributed by atoms with Gasteiger partial charge in [-0.15, -0.1) is 10.2 Å². The number of hydrogen-bond donors (Lipinski definition) is 1. The third-order valence-corrected chi connectivity index (χ3v) is 4.97. The Hall–Kier alpha value is -3.47. The maximum absolute atomic E-state index is 13.8. The number of rotatable bonds is 4. The van der Waals surface area contributed by atoms with Crippen LogP contribution >= 0.6 is 0 Å². The number of benzene rings is 1. The second kappa shape index (κ2) is 7.05. The van der Waals surface area contributed by atoms with Crippen LogP contribution in [0.5, 0.6) is 0 Å². The first kappa shape index (κ1) is 20.8. The van der Waals surface area contributed by atoms with E-state index in [1.165, 1.54) is 26.2 Å².